The van der Waals surface area contributed by atoms with Gasteiger partial charge in [0.1, 0.15) is 29.1 Å². The maximum absolute atomic E-state index is 13.9. The number of allylic oxidation sites excluding steroid dienone is 3. The second-order valence-corrected chi connectivity index (χ2v) is 13.9. The number of aliphatic hydroxyl groups is 3. The van der Waals surface area contributed by atoms with E-state index in [-0.39, 0.29) is 54.3 Å². The minimum Gasteiger partial charge on any atom is -0.496 e. The fourth-order valence-corrected chi connectivity index (χ4v) is 7.89. The number of rotatable bonds is 13. The summed E-state index contributed by atoms with van der Waals surface area (Å²) in [6, 6.07) is 7.65. The fraction of sp³-hybridized carbons (Fsp3) is 0.475. The van der Waals surface area contributed by atoms with Crippen LogP contribution in [0.3, 0.4) is 0 Å². The third kappa shape index (κ3) is 6.58. The van der Waals surface area contributed by atoms with E-state index in [1.807, 2.05) is 30.5 Å². The lowest BCUT2D eigenvalue weighted by molar-refractivity contribution is -0.141. The summed E-state index contributed by atoms with van der Waals surface area (Å²) in [6.45, 7) is 4.55. The molecule has 4 N–H and O–H groups in total. The Labute approximate surface area is 297 Å². The molecule has 0 spiro atoms. The number of aliphatic hydroxyl groups excluding tert-OH is 2. The van der Waals surface area contributed by atoms with Gasteiger partial charge in [-0.3, -0.25) is 9.59 Å². The normalized spacial score (nSPS) is 22.6. The van der Waals surface area contributed by atoms with Gasteiger partial charge < -0.3 is 39.3 Å². The Hall–Kier alpha value is -4.45. The molecule has 11 heteroatoms. The number of aromatic amines is 1. The van der Waals surface area contributed by atoms with Gasteiger partial charge in [-0.25, -0.2) is 4.79 Å². The number of H-pyrrole nitrogens is 1. The predicted octanol–water partition coefficient (Wildman–Crippen LogP) is 5.61. The molecule has 1 aromatic heterocycles. The first kappa shape index (κ1) is 36.3. The minimum absolute atomic E-state index is 0.0138. The molecule has 1 saturated carbocycles. The van der Waals surface area contributed by atoms with E-state index in [0.717, 1.165) is 42.1 Å². The highest BCUT2D eigenvalue weighted by atomic mass is 16.6. The number of carbonyl (C=O) groups excluding carboxylic acids is 3. The number of ether oxygens (including phenoxy) is 4. The van der Waals surface area contributed by atoms with E-state index in [2.05, 4.69) is 11.9 Å². The number of unbranched alkanes of at least 4 members (excludes halogenated alkanes) is 3. The Bertz CT molecular complexity index is 1900. The van der Waals surface area contributed by atoms with Crippen molar-refractivity contribution in [2.45, 2.75) is 96.4 Å². The second-order valence-electron chi connectivity index (χ2n) is 13.9. The molecule has 3 aromatic rings. The monoisotopic (exact) mass is 701 g/mol. The molecule has 0 radical (unpaired) electrons. The average molecular weight is 702 g/mol. The summed E-state index contributed by atoms with van der Waals surface area (Å²) < 4.78 is 24.1. The molecule has 3 heterocycles. The summed E-state index contributed by atoms with van der Waals surface area (Å²) in [5, 5.41) is 33.9. The molecule has 2 aromatic carbocycles. The summed E-state index contributed by atoms with van der Waals surface area (Å²) in [6.07, 6.45) is 6.66. The lowest BCUT2D eigenvalue weighted by Gasteiger charge is -2.34. The van der Waals surface area contributed by atoms with Crippen LogP contribution in [0.15, 0.2) is 47.4 Å². The summed E-state index contributed by atoms with van der Waals surface area (Å²) in [5.41, 5.74) is 2.51. The van der Waals surface area contributed by atoms with E-state index in [9.17, 15) is 29.7 Å². The third-order valence-electron chi connectivity index (χ3n) is 10.6. The van der Waals surface area contributed by atoms with Crippen LogP contribution in [0.25, 0.3) is 16.5 Å². The first-order valence-electron chi connectivity index (χ1n) is 17.9. The van der Waals surface area contributed by atoms with Gasteiger partial charge in [-0.15, -0.1) is 0 Å². The van der Waals surface area contributed by atoms with Gasteiger partial charge in [0.05, 0.1) is 49.2 Å². The number of hydrogen-bond donors (Lipinski definition) is 4. The van der Waals surface area contributed by atoms with Gasteiger partial charge in [-0.05, 0) is 62.3 Å². The van der Waals surface area contributed by atoms with Crippen LogP contribution in [0.1, 0.15) is 93.9 Å². The van der Waals surface area contributed by atoms with Crippen LogP contribution >= 0.6 is 0 Å². The number of Topliss-reactive ketones (excluding diaryl/α,β-unsaturated/α-hetero) is 1. The lowest BCUT2D eigenvalue weighted by atomic mass is 9.71. The molecule has 1 fully saturated rings. The number of esters is 1. The number of carbonyl (C=O) groups is 3. The molecular formula is C40H47NO10. The van der Waals surface area contributed by atoms with E-state index in [0.29, 0.717) is 46.5 Å². The van der Waals surface area contributed by atoms with Crippen molar-refractivity contribution in [3.63, 3.8) is 0 Å². The van der Waals surface area contributed by atoms with E-state index in [4.69, 9.17) is 18.9 Å². The van der Waals surface area contributed by atoms with Gasteiger partial charge >= 0.3 is 5.97 Å². The van der Waals surface area contributed by atoms with Crippen LogP contribution in [0, 0.1) is 5.92 Å². The minimum atomic E-state index is -1.21. The number of hydrogen-bond acceptors (Lipinski definition) is 10. The zero-order valence-electron chi connectivity index (χ0n) is 29.7. The molecule has 0 unspecified atom stereocenters. The third-order valence-corrected chi connectivity index (χ3v) is 10.6. The topological polar surface area (TPSA) is 165 Å². The molecule has 6 rings (SSSR count). The number of aldehydes is 1. The van der Waals surface area contributed by atoms with Gasteiger partial charge in [-0.2, -0.15) is 0 Å². The highest BCUT2D eigenvalue weighted by Crippen LogP contribution is 2.56. The molecule has 4 atom stereocenters. The number of nitrogens with one attached hydrogen (secondary N) is 1. The zero-order chi connectivity index (χ0) is 36.4. The fourth-order valence-electron chi connectivity index (χ4n) is 7.89. The van der Waals surface area contributed by atoms with Crippen molar-refractivity contribution in [3.05, 3.63) is 69.6 Å². The van der Waals surface area contributed by atoms with Crippen molar-refractivity contribution in [2.24, 2.45) is 5.92 Å². The zero-order valence-corrected chi connectivity index (χ0v) is 29.7. The Morgan fingerprint density at radius 3 is 2.59 bits per heavy atom. The molecule has 0 bridgehead atoms. The van der Waals surface area contributed by atoms with Crippen molar-refractivity contribution in [3.8, 4) is 17.2 Å². The van der Waals surface area contributed by atoms with Crippen LogP contribution < -0.4 is 14.2 Å². The van der Waals surface area contributed by atoms with E-state index < -0.39 is 42.7 Å². The molecule has 1 aliphatic carbocycles. The highest BCUT2D eigenvalue weighted by Gasteiger charge is 2.46. The standard InChI is InChI=1S/C40H47NO10/c1-5-7-8-9-13-40(3,47)31-18-27-35(50-31)29(21-44)37-33(36(27)48-4)32(28(20-43)38(51-37)39(46)49-6-2)24-16-25(19-42)34(45)26(17-24)22-10-11-30-23(15-22)12-14-41-30/h10-12,14-15,20,25-26,31,41-42,44,47H,5-9,13,16-19,21H2,1-4H3/t25-,26-,31-,40-/m0/s1. The summed E-state index contributed by atoms with van der Waals surface area (Å²) in [7, 11) is 1.48. The summed E-state index contributed by atoms with van der Waals surface area (Å²) in [4.78, 5) is 43.6. The first-order valence-corrected chi connectivity index (χ1v) is 17.9. The predicted molar refractivity (Wildman–Crippen MR) is 190 cm³/mol. The van der Waals surface area contributed by atoms with Crippen LogP contribution in [0.4, 0.5) is 0 Å². The van der Waals surface area contributed by atoms with E-state index in [1.165, 1.54) is 7.11 Å². The molecule has 0 saturated heterocycles. The number of aromatic nitrogens is 1. The Balaban J connectivity index is 1.55. The number of methoxy groups -OCH3 is 1. The van der Waals surface area contributed by atoms with Crippen LogP contribution in [-0.2, 0) is 32.1 Å². The van der Waals surface area contributed by atoms with E-state index in [1.54, 1.807) is 13.8 Å². The van der Waals surface area contributed by atoms with Gasteiger partial charge in [-0.1, -0.05) is 44.2 Å². The smallest absolute Gasteiger partial charge is 0.375 e. The van der Waals surface area contributed by atoms with Crippen LogP contribution in [0.5, 0.6) is 17.2 Å². The van der Waals surface area contributed by atoms with Crippen molar-refractivity contribution in [2.75, 3.05) is 20.3 Å². The summed E-state index contributed by atoms with van der Waals surface area (Å²) in [5.74, 6) is -2.13. The Morgan fingerprint density at radius 2 is 1.90 bits per heavy atom. The average Bonchev–Trinajstić information content (AvgIpc) is 3.80. The maximum atomic E-state index is 13.9. The van der Waals surface area contributed by atoms with Crippen LogP contribution in [-0.4, -0.2) is 70.4 Å². The van der Waals surface area contributed by atoms with Gasteiger partial charge in [0.15, 0.2) is 6.29 Å². The van der Waals surface area contributed by atoms with Crippen LogP contribution in [0.2, 0.25) is 0 Å². The Kier molecular flexibility index (Phi) is 10.7. The van der Waals surface area contributed by atoms with E-state index >= 15 is 0 Å². The number of fused-ring (bicyclic) bond motifs is 3. The highest BCUT2D eigenvalue weighted by molar-refractivity contribution is 6.11. The number of ketones is 1. The largest absolute Gasteiger partial charge is 0.496 e. The molecule has 51 heavy (non-hydrogen) atoms. The molecule has 2 aliphatic heterocycles. The van der Waals surface area contributed by atoms with Crippen molar-refractivity contribution < 1.29 is 48.7 Å². The van der Waals surface area contributed by atoms with Gasteiger partial charge in [0.2, 0.25) is 5.76 Å². The molecule has 3 aliphatic rings. The van der Waals surface area contributed by atoms with Gasteiger partial charge in [0, 0.05) is 41.1 Å². The van der Waals surface area contributed by atoms with Crippen molar-refractivity contribution >= 4 is 34.5 Å². The SMILES string of the molecule is CCCCCC[C@](C)(O)[C@@H]1Cc2c(c(CO)c3c(c2OC)C(=C2C[C@@H](CO)C(=O)[C@H](c4ccc5[nH]ccc5c4)C2)C(C=O)=C(C(=O)OCC)O3)O1. The number of benzene rings is 2. The molecule has 11 nitrogen and oxygen atoms in total. The quantitative estimate of drug-likeness (QED) is 0.100. The Morgan fingerprint density at radius 1 is 1.10 bits per heavy atom. The van der Waals surface area contributed by atoms with Gasteiger partial charge in [0.25, 0.3) is 0 Å². The second kappa shape index (κ2) is 15.0. The molecule has 272 valence electrons. The summed E-state index contributed by atoms with van der Waals surface area (Å²) >= 11 is 0. The maximum Gasteiger partial charge on any atom is 0.375 e. The van der Waals surface area contributed by atoms with Crippen molar-refractivity contribution in [1.82, 2.24) is 4.98 Å². The molecular weight excluding hydrogens is 654 g/mol. The molecule has 0 amide bonds. The lowest BCUT2D eigenvalue weighted by Crippen LogP contribution is -2.42. The van der Waals surface area contributed by atoms with Crippen molar-refractivity contribution in [1.29, 1.82) is 0 Å². The first-order chi connectivity index (χ1) is 24.6.